The number of unbranched alkanes of at least 4 members (excludes halogenated alkanes) is 1. The number of nitrogens with zero attached hydrogens (tertiary/aromatic N) is 3. The lowest BCUT2D eigenvalue weighted by Gasteiger charge is -2.07. The van der Waals surface area contributed by atoms with E-state index in [0.29, 0.717) is 47.8 Å². The molecule has 140 valence electrons. The van der Waals surface area contributed by atoms with Gasteiger partial charge in [-0.1, -0.05) is 17.0 Å². The molecule has 0 aliphatic heterocycles. The van der Waals surface area contributed by atoms with Gasteiger partial charge >= 0.3 is 0 Å². The van der Waals surface area contributed by atoms with Crippen LogP contribution in [-0.2, 0) is 6.54 Å². The van der Waals surface area contributed by atoms with Crippen LogP contribution in [0, 0.1) is 17.7 Å². The minimum atomic E-state index is -0.688. The van der Waals surface area contributed by atoms with Crippen LogP contribution in [0.5, 0.6) is 0 Å². The van der Waals surface area contributed by atoms with Crippen molar-refractivity contribution in [3.63, 3.8) is 0 Å². The summed E-state index contributed by atoms with van der Waals surface area (Å²) in [6.07, 6.45) is 3.76. The Kier molecular flexibility index (Phi) is 6.01. The van der Waals surface area contributed by atoms with Crippen LogP contribution in [0.25, 0.3) is 11.3 Å². The van der Waals surface area contributed by atoms with Gasteiger partial charge in [-0.3, -0.25) is 0 Å². The molecule has 1 atom stereocenters. The van der Waals surface area contributed by atoms with Gasteiger partial charge in [-0.05, 0) is 31.5 Å². The maximum Gasteiger partial charge on any atom is 0.167 e. The van der Waals surface area contributed by atoms with Gasteiger partial charge in [-0.15, -0.1) is 0 Å². The summed E-state index contributed by atoms with van der Waals surface area (Å²) < 4.78 is 21.4. The number of hydrogen-bond acceptors (Lipinski definition) is 5. The number of benzene rings is 1. The highest BCUT2D eigenvalue weighted by molar-refractivity contribution is 5.59. The third kappa shape index (κ3) is 4.61. The number of imidazole rings is 1. The molecule has 0 radical (unpaired) electrons. The molecular formula is C20H20FN3O3. The molecule has 0 saturated heterocycles. The van der Waals surface area contributed by atoms with Crippen molar-refractivity contribution in [3.05, 3.63) is 59.6 Å². The lowest BCUT2D eigenvalue weighted by molar-refractivity contribution is 0.184. The van der Waals surface area contributed by atoms with E-state index in [-0.39, 0.29) is 6.61 Å². The summed E-state index contributed by atoms with van der Waals surface area (Å²) in [6, 6.07) is 6.41. The number of aliphatic hydroxyl groups is 2. The van der Waals surface area contributed by atoms with Crippen molar-refractivity contribution >= 4 is 0 Å². The van der Waals surface area contributed by atoms with Gasteiger partial charge in [0.05, 0.1) is 12.1 Å². The molecule has 27 heavy (non-hydrogen) atoms. The molecule has 3 aromatic rings. The van der Waals surface area contributed by atoms with Crippen LogP contribution in [0.4, 0.5) is 4.39 Å². The topological polar surface area (TPSA) is 84.3 Å². The molecule has 0 spiro atoms. The van der Waals surface area contributed by atoms with Crippen molar-refractivity contribution < 1.29 is 19.1 Å². The van der Waals surface area contributed by atoms with Crippen molar-refractivity contribution in [1.29, 1.82) is 0 Å². The van der Waals surface area contributed by atoms with E-state index in [1.54, 1.807) is 42.1 Å². The second-order valence-electron chi connectivity index (χ2n) is 6.10. The molecule has 1 aromatic carbocycles. The SMILES string of the molecule is C[C@H](O)c1nccn1Cc1cc(-c2ccc(C#CCCCO)c(F)c2)on1. The molecular weight excluding hydrogens is 349 g/mol. The van der Waals surface area contributed by atoms with E-state index in [4.69, 9.17) is 9.63 Å². The van der Waals surface area contributed by atoms with Gasteiger partial charge < -0.3 is 19.3 Å². The fourth-order valence-electron chi connectivity index (χ4n) is 2.61. The third-order valence-corrected chi connectivity index (χ3v) is 3.95. The number of halogens is 1. The maximum absolute atomic E-state index is 14.2. The Balaban J connectivity index is 1.75. The predicted octanol–water partition coefficient (Wildman–Crippen LogP) is 2.90. The van der Waals surface area contributed by atoms with E-state index >= 15 is 0 Å². The van der Waals surface area contributed by atoms with Crippen LogP contribution < -0.4 is 0 Å². The standard InChI is InChI=1S/C20H20FN3O3/c1-14(26)20-22-8-9-24(20)13-17-12-19(27-23-17)16-7-6-15(18(21)11-16)5-3-2-4-10-25/h6-9,11-12,14,25-26H,2,4,10,13H2,1H3/t14-/m0/s1. The lowest BCUT2D eigenvalue weighted by atomic mass is 10.1. The molecule has 0 aliphatic carbocycles. The van der Waals surface area contributed by atoms with Gasteiger partial charge in [0, 0.05) is 37.1 Å². The van der Waals surface area contributed by atoms with E-state index in [1.165, 1.54) is 6.07 Å². The summed E-state index contributed by atoms with van der Waals surface area (Å²) in [5.41, 5.74) is 1.50. The molecule has 6 nitrogen and oxygen atoms in total. The first kappa shape index (κ1) is 18.8. The normalized spacial score (nSPS) is 11.9. The van der Waals surface area contributed by atoms with Crippen LogP contribution in [-0.4, -0.2) is 31.5 Å². The Morgan fingerprint density at radius 2 is 2.19 bits per heavy atom. The van der Waals surface area contributed by atoms with Gasteiger partial charge in [0.2, 0.25) is 0 Å². The molecule has 0 bridgehead atoms. The van der Waals surface area contributed by atoms with Gasteiger partial charge in [0.15, 0.2) is 5.76 Å². The second kappa shape index (κ2) is 8.62. The minimum absolute atomic E-state index is 0.0711. The molecule has 0 aliphatic rings. The van der Waals surface area contributed by atoms with E-state index < -0.39 is 11.9 Å². The number of hydrogen-bond donors (Lipinski definition) is 2. The van der Waals surface area contributed by atoms with Gasteiger partial charge in [0.1, 0.15) is 23.4 Å². The molecule has 2 N–H and O–H groups in total. The molecule has 0 unspecified atom stereocenters. The summed E-state index contributed by atoms with van der Waals surface area (Å²) in [5, 5.41) is 22.5. The zero-order chi connectivity index (χ0) is 19.2. The number of aliphatic hydroxyl groups excluding tert-OH is 2. The Morgan fingerprint density at radius 3 is 2.93 bits per heavy atom. The van der Waals surface area contributed by atoms with E-state index in [1.807, 2.05) is 0 Å². The number of rotatable bonds is 6. The average molecular weight is 369 g/mol. The number of aromatic nitrogens is 3. The van der Waals surface area contributed by atoms with E-state index in [2.05, 4.69) is 22.0 Å². The third-order valence-electron chi connectivity index (χ3n) is 3.95. The Hall–Kier alpha value is -2.95. The van der Waals surface area contributed by atoms with Crippen molar-refractivity contribution in [2.75, 3.05) is 6.61 Å². The van der Waals surface area contributed by atoms with Crippen LogP contribution in [0.1, 0.15) is 43.0 Å². The highest BCUT2D eigenvalue weighted by Crippen LogP contribution is 2.23. The smallest absolute Gasteiger partial charge is 0.167 e. The largest absolute Gasteiger partial charge is 0.396 e. The Morgan fingerprint density at radius 1 is 1.33 bits per heavy atom. The Bertz CT molecular complexity index is 966. The summed E-state index contributed by atoms with van der Waals surface area (Å²) in [5.74, 6) is 6.14. The van der Waals surface area contributed by atoms with Crippen LogP contribution in [0.15, 0.2) is 41.2 Å². The molecule has 2 aromatic heterocycles. The van der Waals surface area contributed by atoms with Crippen LogP contribution in [0.3, 0.4) is 0 Å². The quantitative estimate of drug-likeness (QED) is 0.516. The van der Waals surface area contributed by atoms with Crippen molar-refractivity contribution in [2.24, 2.45) is 0 Å². The molecule has 0 saturated carbocycles. The summed E-state index contributed by atoms with van der Waals surface area (Å²) in [4.78, 5) is 4.11. The fourth-order valence-corrected chi connectivity index (χ4v) is 2.61. The first-order valence-corrected chi connectivity index (χ1v) is 8.63. The van der Waals surface area contributed by atoms with Crippen molar-refractivity contribution in [2.45, 2.75) is 32.4 Å². The average Bonchev–Trinajstić information content (AvgIpc) is 3.30. The second-order valence-corrected chi connectivity index (χ2v) is 6.10. The predicted molar refractivity (Wildman–Crippen MR) is 97.1 cm³/mol. The first-order chi connectivity index (χ1) is 13.1. The molecule has 7 heteroatoms. The van der Waals surface area contributed by atoms with Crippen molar-refractivity contribution in [1.82, 2.24) is 14.7 Å². The highest BCUT2D eigenvalue weighted by Gasteiger charge is 2.13. The molecule has 0 amide bonds. The monoisotopic (exact) mass is 369 g/mol. The fraction of sp³-hybridized carbons (Fsp3) is 0.300. The minimum Gasteiger partial charge on any atom is -0.396 e. The summed E-state index contributed by atoms with van der Waals surface area (Å²) in [7, 11) is 0. The maximum atomic E-state index is 14.2. The van der Waals surface area contributed by atoms with Crippen LogP contribution in [0.2, 0.25) is 0 Å². The molecule has 0 fully saturated rings. The lowest BCUT2D eigenvalue weighted by Crippen LogP contribution is -2.07. The first-order valence-electron chi connectivity index (χ1n) is 8.63. The van der Waals surface area contributed by atoms with Gasteiger partial charge in [0.25, 0.3) is 0 Å². The molecule has 3 rings (SSSR count). The summed E-state index contributed by atoms with van der Waals surface area (Å²) in [6.45, 7) is 2.10. The van der Waals surface area contributed by atoms with Crippen molar-refractivity contribution in [3.8, 4) is 23.2 Å². The van der Waals surface area contributed by atoms with Gasteiger partial charge in [-0.25, -0.2) is 9.37 Å². The summed E-state index contributed by atoms with van der Waals surface area (Å²) >= 11 is 0. The molecule has 2 heterocycles. The zero-order valence-corrected chi connectivity index (χ0v) is 14.9. The highest BCUT2D eigenvalue weighted by atomic mass is 19.1. The Labute approximate surface area is 156 Å². The zero-order valence-electron chi connectivity index (χ0n) is 14.9. The van der Waals surface area contributed by atoms with E-state index in [0.717, 1.165) is 0 Å². The van der Waals surface area contributed by atoms with E-state index in [9.17, 15) is 9.50 Å². The van der Waals surface area contributed by atoms with Gasteiger partial charge in [-0.2, -0.15) is 0 Å². The van der Waals surface area contributed by atoms with Crippen LogP contribution >= 0.6 is 0 Å².